The largest absolute Gasteiger partial charge is 0.587 e. The van der Waals surface area contributed by atoms with Crippen LogP contribution in [0.1, 0.15) is 6.23 Å². The van der Waals surface area contributed by atoms with Crippen LogP contribution in [-0.4, -0.2) is 59.5 Å². The first kappa shape index (κ1) is 30.1. The molecular weight excluding hydrogens is 583 g/mol. The van der Waals surface area contributed by atoms with Crippen molar-refractivity contribution in [3.63, 3.8) is 0 Å². The number of phosphoric acid groups is 1. The highest BCUT2D eigenvalue weighted by Crippen LogP contribution is 2.56. The van der Waals surface area contributed by atoms with Crippen molar-refractivity contribution in [2.45, 2.75) is 30.3 Å². The summed E-state index contributed by atoms with van der Waals surface area (Å²) < 4.78 is 104. The highest BCUT2D eigenvalue weighted by molar-refractivity contribution is 7.49. The van der Waals surface area contributed by atoms with Gasteiger partial charge in [-0.1, -0.05) is 0 Å². The Morgan fingerprint density at radius 1 is 0.951 bits per heavy atom. The van der Waals surface area contributed by atoms with Gasteiger partial charge in [0.2, 0.25) is 5.60 Å². The van der Waals surface area contributed by atoms with Gasteiger partial charge in [0, 0.05) is 12.3 Å². The van der Waals surface area contributed by atoms with Gasteiger partial charge in [-0.05, 0) is 48.5 Å². The van der Waals surface area contributed by atoms with Gasteiger partial charge in [0.15, 0.2) is 12.3 Å². The predicted octanol–water partition coefficient (Wildman–Crippen LogP) is 3.37. The second-order valence-corrected chi connectivity index (χ2v) is 10.1. The van der Waals surface area contributed by atoms with E-state index in [9.17, 15) is 28.0 Å². The maximum absolute atomic E-state index is 15.3. The average molecular weight is 606 g/mol. The molecule has 222 valence electrons. The maximum Gasteiger partial charge on any atom is 0.587 e. The lowest BCUT2D eigenvalue weighted by atomic mass is 9.95. The Balaban J connectivity index is 1.68. The molecule has 3 aromatic rings. The van der Waals surface area contributed by atoms with Gasteiger partial charge in [0.05, 0.1) is 14.2 Å². The Bertz CT molecular complexity index is 1460. The van der Waals surface area contributed by atoms with Crippen molar-refractivity contribution in [2.75, 3.05) is 20.8 Å². The van der Waals surface area contributed by atoms with Gasteiger partial charge in [-0.3, -0.25) is 18.9 Å². The van der Waals surface area contributed by atoms with Crippen molar-refractivity contribution >= 4 is 7.82 Å². The number of nitrogens with zero attached hydrogens (tertiary/aromatic N) is 1. The van der Waals surface area contributed by atoms with Crippen LogP contribution in [0.5, 0.6) is 23.0 Å². The number of aromatic amines is 1. The van der Waals surface area contributed by atoms with Crippen LogP contribution in [0.4, 0.5) is 17.6 Å². The van der Waals surface area contributed by atoms with E-state index >= 15 is 8.78 Å². The number of halogens is 4. The molecule has 41 heavy (non-hydrogen) atoms. The third kappa shape index (κ3) is 5.95. The molecule has 3 atom stereocenters. The molecule has 0 saturated carbocycles. The highest BCUT2D eigenvalue weighted by atomic mass is 31.2. The second-order valence-electron chi connectivity index (χ2n) is 8.54. The van der Waals surface area contributed by atoms with Gasteiger partial charge in [-0.2, -0.15) is 8.78 Å². The first-order valence-electron chi connectivity index (χ1n) is 11.6. The van der Waals surface area contributed by atoms with Crippen molar-refractivity contribution < 1.29 is 55.0 Å². The molecular formula is C24H23F4N2O10P. The number of rotatable bonds is 11. The first-order valence-corrected chi connectivity index (χ1v) is 13.1. The Morgan fingerprint density at radius 2 is 1.44 bits per heavy atom. The normalized spacial score (nSPS) is 22.0. The van der Waals surface area contributed by atoms with Crippen LogP contribution in [-0.2, 0) is 13.8 Å². The Hall–Kier alpha value is -3.85. The third-order valence-electron chi connectivity index (χ3n) is 6.01. The number of ether oxygens (including phenoxy) is 3. The molecule has 12 nitrogen and oxygen atoms in total. The van der Waals surface area contributed by atoms with E-state index in [4.69, 9.17) is 27.8 Å². The van der Waals surface area contributed by atoms with Crippen LogP contribution in [0.15, 0.2) is 70.4 Å². The molecule has 0 spiro atoms. The van der Waals surface area contributed by atoms with E-state index in [1.165, 1.54) is 62.8 Å². The number of alkyl halides is 4. The molecule has 2 N–H and O–H groups in total. The van der Waals surface area contributed by atoms with Gasteiger partial charge in [0.25, 0.3) is 12.0 Å². The van der Waals surface area contributed by atoms with Crippen LogP contribution in [0, 0.1) is 0 Å². The van der Waals surface area contributed by atoms with Crippen LogP contribution in [0.3, 0.4) is 0 Å². The maximum atomic E-state index is 15.3. The summed E-state index contributed by atoms with van der Waals surface area (Å²) in [6.45, 7) is -1.84. The van der Waals surface area contributed by atoms with E-state index in [2.05, 4.69) is 0 Å². The van der Waals surface area contributed by atoms with Crippen LogP contribution in [0.2, 0.25) is 0 Å². The monoisotopic (exact) mass is 606 g/mol. The van der Waals surface area contributed by atoms with E-state index in [1.54, 1.807) is 4.98 Å². The van der Waals surface area contributed by atoms with Crippen molar-refractivity contribution in [3.8, 4) is 23.0 Å². The number of phosphoric ester groups is 1. The fourth-order valence-corrected chi connectivity index (χ4v) is 5.04. The van der Waals surface area contributed by atoms with E-state index < -0.39 is 56.0 Å². The molecule has 1 aliphatic rings. The Labute approximate surface area is 228 Å². The van der Waals surface area contributed by atoms with Gasteiger partial charge in [-0.15, -0.1) is 0 Å². The van der Waals surface area contributed by atoms with E-state index in [1.807, 2.05) is 0 Å². The van der Waals surface area contributed by atoms with Gasteiger partial charge in [-0.25, -0.2) is 18.1 Å². The molecule has 4 rings (SSSR count). The summed E-state index contributed by atoms with van der Waals surface area (Å²) in [6, 6.07) is 11.4. The zero-order valence-electron chi connectivity index (χ0n) is 21.2. The molecule has 1 aromatic heterocycles. The Kier molecular flexibility index (Phi) is 8.49. The summed E-state index contributed by atoms with van der Waals surface area (Å²) in [7, 11) is -2.29. The highest BCUT2D eigenvalue weighted by Gasteiger charge is 2.74. The zero-order chi connectivity index (χ0) is 30.0. The van der Waals surface area contributed by atoms with Crippen molar-refractivity contribution in [1.82, 2.24) is 9.55 Å². The fraction of sp³-hybridized carbons (Fsp3) is 0.333. The van der Waals surface area contributed by atoms with Crippen molar-refractivity contribution in [2.24, 2.45) is 0 Å². The summed E-state index contributed by atoms with van der Waals surface area (Å²) in [5, 5.41) is 10.3. The molecule has 0 aliphatic carbocycles. The quantitative estimate of drug-likeness (QED) is 0.246. The number of aliphatic hydroxyl groups excluding tert-OH is 1. The number of hydrogen-bond donors (Lipinski definition) is 2. The summed E-state index contributed by atoms with van der Waals surface area (Å²) in [6.07, 6.45) is -8.80. The lowest BCUT2D eigenvalue weighted by Crippen LogP contribution is -2.57. The fourth-order valence-electron chi connectivity index (χ4n) is 3.79. The molecule has 2 heterocycles. The number of benzene rings is 2. The van der Waals surface area contributed by atoms with Crippen molar-refractivity contribution in [1.29, 1.82) is 0 Å². The van der Waals surface area contributed by atoms with E-state index in [0.717, 1.165) is 6.07 Å². The zero-order valence-corrected chi connectivity index (χ0v) is 22.1. The van der Waals surface area contributed by atoms with Gasteiger partial charge < -0.3 is 28.4 Å². The topological polar surface area (TPSA) is 148 Å². The third-order valence-corrected chi connectivity index (χ3v) is 7.32. The first-order chi connectivity index (χ1) is 19.3. The van der Waals surface area contributed by atoms with E-state index in [-0.39, 0.29) is 11.5 Å². The molecule has 0 amide bonds. The summed E-state index contributed by atoms with van der Waals surface area (Å²) >= 11 is 0. The van der Waals surface area contributed by atoms with Crippen molar-refractivity contribution in [3.05, 3.63) is 81.6 Å². The predicted molar refractivity (Wildman–Crippen MR) is 132 cm³/mol. The minimum atomic E-state index is -5.05. The summed E-state index contributed by atoms with van der Waals surface area (Å²) in [5.41, 5.74) is -6.18. The average Bonchev–Trinajstić information content (AvgIpc) is 3.14. The van der Waals surface area contributed by atoms with Crippen LogP contribution >= 0.6 is 7.82 Å². The molecule has 0 bridgehead atoms. The smallest absolute Gasteiger partial charge is 0.497 e. The molecule has 17 heteroatoms. The lowest BCUT2D eigenvalue weighted by Gasteiger charge is -2.33. The second kappa shape index (κ2) is 11.6. The number of aromatic nitrogens is 2. The number of H-pyrrole nitrogens is 1. The van der Waals surface area contributed by atoms with Crippen LogP contribution in [0.25, 0.3) is 0 Å². The minimum Gasteiger partial charge on any atom is -0.497 e. The van der Waals surface area contributed by atoms with E-state index in [0.29, 0.717) is 22.3 Å². The van der Waals surface area contributed by atoms with Crippen LogP contribution < -0.4 is 29.8 Å². The molecule has 0 radical (unpaired) electrons. The molecule has 1 saturated heterocycles. The summed E-state index contributed by atoms with van der Waals surface area (Å²) in [4.78, 5) is 25.2. The number of methoxy groups -OCH3 is 2. The lowest BCUT2D eigenvalue weighted by molar-refractivity contribution is -0.242. The minimum absolute atomic E-state index is 0.175. The van der Waals surface area contributed by atoms with Gasteiger partial charge >= 0.3 is 19.4 Å². The Morgan fingerprint density at radius 3 is 1.88 bits per heavy atom. The number of aliphatic hydroxyl groups is 1. The number of hydrogen-bond acceptors (Lipinski definition) is 10. The summed E-state index contributed by atoms with van der Waals surface area (Å²) in [5.74, 6) is -4.39. The van der Waals surface area contributed by atoms with Gasteiger partial charge in [0.1, 0.15) is 29.6 Å². The molecule has 3 unspecified atom stereocenters. The molecule has 1 fully saturated rings. The standard InChI is InChI=1S/C24H23F4N2O10P/c1-35-14-3-7-16(8-4-14)39-41(34,40-17-9-5-15(36-2)6-10-17)37-13-23(21(25)26)24(27,28)19(32)20(38-23)30-12-11-18(31)29-22(30)33/h3-12,19-21,32H,13H2,1-2H3,(H,29,31,33). The SMILES string of the molecule is COc1ccc(OP(=O)(OCC2(C(F)F)OC(n3ccc(=O)[nH]c3=O)C(O)C2(F)F)Oc2ccc(OC)cc2)cc1. The molecule has 2 aromatic carbocycles. The molecule has 1 aliphatic heterocycles. The number of nitrogens with one attached hydrogen (secondary N) is 1.